The summed E-state index contributed by atoms with van der Waals surface area (Å²) < 4.78 is 0. The minimum Gasteiger partial charge on any atom is -0.310 e. The van der Waals surface area contributed by atoms with Gasteiger partial charge in [-0.3, -0.25) is 0 Å². The van der Waals surface area contributed by atoms with Crippen LogP contribution in [0.4, 0.5) is 17.1 Å². The van der Waals surface area contributed by atoms with Gasteiger partial charge in [-0.15, -0.1) is 0 Å². The maximum atomic E-state index is 2.42. The molecule has 0 amide bonds. The minimum atomic E-state index is -0.137. The molecule has 0 spiro atoms. The van der Waals surface area contributed by atoms with E-state index in [-0.39, 0.29) is 5.41 Å². The molecule has 0 atom stereocenters. The fraction of sp³-hybridized carbons (Fsp3) is 0.0909. The number of aryl methyl sites for hydroxylation is 1. The van der Waals surface area contributed by atoms with Gasteiger partial charge in [-0.1, -0.05) is 129 Å². The summed E-state index contributed by atoms with van der Waals surface area (Å²) in [5, 5.41) is 2.49. The van der Waals surface area contributed by atoms with Crippen LogP contribution >= 0.6 is 0 Å². The van der Waals surface area contributed by atoms with E-state index in [0.717, 1.165) is 5.69 Å². The molecule has 1 aliphatic carbocycles. The van der Waals surface area contributed by atoms with Gasteiger partial charge in [0.25, 0.3) is 0 Å². The molecule has 0 saturated heterocycles. The van der Waals surface area contributed by atoms with Gasteiger partial charge in [0.05, 0.1) is 0 Å². The van der Waals surface area contributed by atoms with Crippen molar-refractivity contribution < 1.29 is 0 Å². The number of anilines is 3. The first-order valence-electron chi connectivity index (χ1n) is 15.8. The summed E-state index contributed by atoms with van der Waals surface area (Å²) in [6, 6.07) is 57.8. The van der Waals surface area contributed by atoms with Crippen LogP contribution in [0.1, 0.15) is 30.5 Å². The molecule has 1 heteroatoms. The second-order valence-electron chi connectivity index (χ2n) is 12.8. The van der Waals surface area contributed by atoms with Crippen molar-refractivity contribution in [1.82, 2.24) is 0 Å². The van der Waals surface area contributed by atoms with Crippen molar-refractivity contribution in [1.29, 1.82) is 0 Å². The molecule has 0 heterocycles. The third kappa shape index (κ3) is 4.73. The number of hydrogen-bond acceptors (Lipinski definition) is 1. The first kappa shape index (κ1) is 27.2. The molecular weight excluding hydrogens is 542 g/mol. The normalized spacial score (nSPS) is 13.0. The first-order chi connectivity index (χ1) is 22.0. The molecule has 7 aromatic rings. The average molecular weight is 578 g/mol. The lowest BCUT2D eigenvalue weighted by molar-refractivity contribution is 0.660. The van der Waals surface area contributed by atoms with E-state index in [1.165, 1.54) is 72.2 Å². The van der Waals surface area contributed by atoms with E-state index in [4.69, 9.17) is 0 Å². The van der Waals surface area contributed by atoms with Crippen molar-refractivity contribution in [2.24, 2.45) is 0 Å². The van der Waals surface area contributed by atoms with E-state index in [0.29, 0.717) is 0 Å². The first-order valence-corrected chi connectivity index (χ1v) is 15.8. The predicted molar refractivity (Wildman–Crippen MR) is 192 cm³/mol. The molecule has 8 rings (SSSR count). The van der Waals surface area contributed by atoms with Crippen LogP contribution in [0, 0.1) is 6.92 Å². The van der Waals surface area contributed by atoms with Crippen LogP contribution in [0.25, 0.3) is 44.2 Å². The van der Waals surface area contributed by atoms with Crippen LogP contribution in [-0.2, 0) is 5.41 Å². The Hall–Kier alpha value is -5.40. The van der Waals surface area contributed by atoms with E-state index in [1.54, 1.807) is 0 Å². The molecule has 0 aromatic heterocycles. The minimum absolute atomic E-state index is 0.137. The smallest absolute Gasteiger partial charge is 0.0468 e. The van der Waals surface area contributed by atoms with Gasteiger partial charge >= 0.3 is 0 Å². The summed E-state index contributed by atoms with van der Waals surface area (Å²) in [4.78, 5) is 2.40. The zero-order chi connectivity index (χ0) is 30.5. The number of rotatable bonds is 5. The quantitative estimate of drug-likeness (QED) is 0.197. The Morgan fingerprint density at radius 3 is 1.71 bits per heavy atom. The van der Waals surface area contributed by atoms with Crippen molar-refractivity contribution in [2.45, 2.75) is 26.2 Å². The summed E-state index contributed by atoms with van der Waals surface area (Å²) in [5.74, 6) is 0. The molecule has 216 valence electrons. The van der Waals surface area contributed by atoms with Gasteiger partial charge in [0, 0.05) is 22.5 Å². The number of fused-ring (bicyclic) bond motifs is 4. The van der Waals surface area contributed by atoms with E-state index < -0.39 is 0 Å². The van der Waals surface area contributed by atoms with Gasteiger partial charge in [-0.25, -0.2) is 0 Å². The molecule has 1 aliphatic rings. The fourth-order valence-corrected chi connectivity index (χ4v) is 7.06. The number of nitrogens with zero attached hydrogens (tertiary/aromatic N) is 1. The monoisotopic (exact) mass is 577 g/mol. The number of benzene rings is 7. The topological polar surface area (TPSA) is 3.24 Å². The number of hydrogen-bond donors (Lipinski definition) is 0. The fourth-order valence-electron chi connectivity index (χ4n) is 7.06. The van der Waals surface area contributed by atoms with Gasteiger partial charge in [0.15, 0.2) is 0 Å². The van der Waals surface area contributed by atoms with Crippen molar-refractivity contribution in [2.75, 3.05) is 4.90 Å². The summed E-state index contributed by atoms with van der Waals surface area (Å²) in [5.41, 5.74) is 15.0. The molecule has 45 heavy (non-hydrogen) atoms. The lowest BCUT2D eigenvalue weighted by Gasteiger charge is -2.28. The Balaban J connectivity index is 1.20. The van der Waals surface area contributed by atoms with Gasteiger partial charge in [-0.05, 0) is 110 Å². The molecule has 0 radical (unpaired) electrons. The summed E-state index contributed by atoms with van der Waals surface area (Å²) in [6.07, 6.45) is 0. The van der Waals surface area contributed by atoms with Crippen molar-refractivity contribution in [3.63, 3.8) is 0 Å². The van der Waals surface area contributed by atoms with Gasteiger partial charge in [0.1, 0.15) is 0 Å². The van der Waals surface area contributed by atoms with E-state index in [9.17, 15) is 0 Å². The molecule has 0 N–H and O–H groups in total. The Morgan fingerprint density at radius 2 is 0.956 bits per heavy atom. The van der Waals surface area contributed by atoms with Crippen molar-refractivity contribution in [3.05, 3.63) is 174 Å². The highest BCUT2D eigenvalue weighted by atomic mass is 15.1. The standard InChI is InChI=1S/C44H35N/c1-30-10-9-15-37(26-30)45(38-22-20-32-13-7-8-14-35(32)27-38)39-23-25-41-40-24-21-36(28-42(40)44(2,3)43(41)29-39)34-18-16-33(17-19-34)31-11-5-4-6-12-31/h4-29H,1-3H3. The molecule has 0 bridgehead atoms. The van der Waals surface area contributed by atoms with Crippen LogP contribution in [0.5, 0.6) is 0 Å². The molecule has 0 aliphatic heterocycles. The maximum absolute atomic E-state index is 2.42. The lowest BCUT2D eigenvalue weighted by atomic mass is 9.81. The average Bonchev–Trinajstić information content (AvgIpc) is 3.30. The summed E-state index contributed by atoms with van der Waals surface area (Å²) in [7, 11) is 0. The highest BCUT2D eigenvalue weighted by Gasteiger charge is 2.36. The lowest BCUT2D eigenvalue weighted by Crippen LogP contribution is -2.16. The van der Waals surface area contributed by atoms with Crippen LogP contribution in [0.2, 0.25) is 0 Å². The Labute approximate surface area is 266 Å². The van der Waals surface area contributed by atoms with E-state index in [1.807, 2.05) is 0 Å². The summed E-state index contributed by atoms with van der Waals surface area (Å²) >= 11 is 0. The second kappa shape index (κ2) is 10.6. The third-order valence-electron chi connectivity index (χ3n) is 9.49. The second-order valence-corrected chi connectivity index (χ2v) is 12.8. The van der Waals surface area contributed by atoms with E-state index in [2.05, 4.69) is 183 Å². The molecule has 7 aromatic carbocycles. The summed E-state index contributed by atoms with van der Waals surface area (Å²) in [6.45, 7) is 6.91. The molecule has 1 nitrogen and oxygen atoms in total. The maximum Gasteiger partial charge on any atom is 0.0468 e. The van der Waals surface area contributed by atoms with Crippen LogP contribution in [-0.4, -0.2) is 0 Å². The van der Waals surface area contributed by atoms with Crippen molar-refractivity contribution >= 4 is 27.8 Å². The predicted octanol–water partition coefficient (Wildman–Crippen LogP) is 12.3. The SMILES string of the molecule is Cc1cccc(N(c2ccc3c(c2)C(C)(C)c2cc(-c4ccc(-c5ccccc5)cc4)ccc2-3)c2ccc3ccccc3c2)c1. The van der Waals surface area contributed by atoms with E-state index >= 15 is 0 Å². The molecule has 0 fully saturated rings. The zero-order valence-corrected chi connectivity index (χ0v) is 26.0. The largest absolute Gasteiger partial charge is 0.310 e. The molecular formula is C44H35N. The van der Waals surface area contributed by atoms with Crippen LogP contribution < -0.4 is 4.90 Å². The van der Waals surface area contributed by atoms with Gasteiger partial charge in [0.2, 0.25) is 0 Å². The highest BCUT2D eigenvalue weighted by molar-refractivity contribution is 5.91. The molecule has 0 unspecified atom stereocenters. The van der Waals surface area contributed by atoms with Gasteiger partial charge in [-0.2, -0.15) is 0 Å². The van der Waals surface area contributed by atoms with Crippen LogP contribution in [0.15, 0.2) is 158 Å². The Kier molecular flexibility index (Phi) is 6.43. The third-order valence-corrected chi connectivity index (χ3v) is 9.49. The van der Waals surface area contributed by atoms with Gasteiger partial charge < -0.3 is 4.90 Å². The Bertz CT molecular complexity index is 2190. The highest BCUT2D eigenvalue weighted by Crippen LogP contribution is 2.51. The molecule has 0 saturated carbocycles. The van der Waals surface area contributed by atoms with Crippen molar-refractivity contribution in [3.8, 4) is 33.4 Å². The zero-order valence-electron chi connectivity index (χ0n) is 26.0. The Morgan fingerprint density at radius 1 is 0.400 bits per heavy atom. The van der Waals surface area contributed by atoms with Crippen LogP contribution in [0.3, 0.4) is 0 Å².